The molecule has 2 aromatic carbocycles. The molecule has 2 aromatic heterocycles. The summed E-state index contributed by atoms with van der Waals surface area (Å²) in [6.45, 7) is -0.308. The molecule has 0 aliphatic rings. The maximum atomic E-state index is 13.2. The maximum absolute atomic E-state index is 13.2. The van der Waals surface area contributed by atoms with Crippen molar-refractivity contribution in [3.05, 3.63) is 78.6 Å². The molecule has 0 saturated carbocycles. The van der Waals surface area contributed by atoms with Gasteiger partial charge in [0.15, 0.2) is 18.1 Å². The van der Waals surface area contributed by atoms with Gasteiger partial charge in [-0.15, -0.1) is 0 Å². The van der Waals surface area contributed by atoms with Crippen LogP contribution in [0.4, 0.5) is 5.69 Å². The van der Waals surface area contributed by atoms with Gasteiger partial charge < -0.3 is 20.5 Å². The Kier molecular flexibility index (Phi) is 5.94. The zero-order valence-corrected chi connectivity index (χ0v) is 17.2. The minimum Gasteiger partial charge on any atom is -0.493 e. The summed E-state index contributed by atoms with van der Waals surface area (Å²) in [7, 11) is 1.48. The van der Waals surface area contributed by atoms with Gasteiger partial charge in [-0.25, -0.2) is 4.98 Å². The number of anilines is 1. The van der Waals surface area contributed by atoms with Crippen LogP contribution >= 0.6 is 0 Å². The minimum absolute atomic E-state index is 0.291. The molecule has 2 amide bonds. The summed E-state index contributed by atoms with van der Waals surface area (Å²) in [6.07, 6.45) is 3.38. The average Bonchev–Trinajstić information content (AvgIpc) is 2.82. The average molecular weight is 428 g/mol. The highest BCUT2D eigenvalue weighted by Gasteiger charge is 2.16. The standard InChI is InChI=1S/C24H20N4O4/c1-31-21-9-8-16(11-22(21)32-14-23(25)29)27-24(30)18-12-20(15-5-4-10-26-13-15)28-19-7-3-2-6-17(18)19/h2-13H,14H2,1H3,(H2,25,29)(H,27,30). The maximum Gasteiger partial charge on any atom is 0.256 e. The SMILES string of the molecule is COc1ccc(NC(=O)c2cc(-c3cccnc3)nc3ccccc23)cc1OCC(N)=O. The van der Waals surface area contributed by atoms with E-state index >= 15 is 0 Å². The topological polar surface area (TPSA) is 116 Å². The number of aromatic nitrogens is 2. The lowest BCUT2D eigenvalue weighted by atomic mass is 10.0. The summed E-state index contributed by atoms with van der Waals surface area (Å²) in [5.41, 5.74) is 8.23. The summed E-state index contributed by atoms with van der Waals surface area (Å²) in [4.78, 5) is 33.1. The van der Waals surface area contributed by atoms with Crippen LogP contribution in [-0.2, 0) is 4.79 Å². The number of carbonyl (C=O) groups excluding carboxylic acids is 2. The number of amides is 2. The van der Waals surface area contributed by atoms with Gasteiger partial charge in [0.2, 0.25) is 0 Å². The Morgan fingerprint density at radius 2 is 1.88 bits per heavy atom. The molecular weight excluding hydrogens is 408 g/mol. The van der Waals surface area contributed by atoms with Crippen molar-refractivity contribution in [2.24, 2.45) is 5.73 Å². The Bertz CT molecular complexity index is 1290. The number of hydrogen-bond acceptors (Lipinski definition) is 6. The van der Waals surface area contributed by atoms with Crippen LogP contribution in [-0.4, -0.2) is 35.5 Å². The van der Waals surface area contributed by atoms with E-state index in [2.05, 4.69) is 15.3 Å². The molecule has 0 aliphatic heterocycles. The second-order valence-corrected chi connectivity index (χ2v) is 6.89. The van der Waals surface area contributed by atoms with Gasteiger partial charge in [-0.3, -0.25) is 14.6 Å². The van der Waals surface area contributed by atoms with Crippen molar-refractivity contribution in [3.63, 3.8) is 0 Å². The molecule has 8 heteroatoms. The van der Waals surface area contributed by atoms with Gasteiger partial charge in [-0.2, -0.15) is 0 Å². The third kappa shape index (κ3) is 4.49. The minimum atomic E-state index is -0.618. The lowest BCUT2D eigenvalue weighted by molar-refractivity contribution is -0.119. The number of para-hydroxylation sites is 1. The van der Waals surface area contributed by atoms with Gasteiger partial charge in [0.25, 0.3) is 11.8 Å². The molecule has 2 heterocycles. The van der Waals surface area contributed by atoms with Crippen LogP contribution in [0.3, 0.4) is 0 Å². The van der Waals surface area contributed by atoms with Crippen LogP contribution in [0.25, 0.3) is 22.2 Å². The highest BCUT2D eigenvalue weighted by atomic mass is 16.5. The Hall–Kier alpha value is -4.46. The Morgan fingerprint density at radius 3 is 2.62 bits per heavy atom. The molecule has 0 unspecified atom stereocenters. The van der Waals surface area contributed by atoms with Crippen molar-refractivity contribution >= 4 is 28.4 Å². The van der Waals surface area contributed by atoms with Gasteiger partial charge in [0.05, 0.1) is 23.9 Å². The zero-order valence-electron chi connectivity index (χ0n) is 17.2. The van der Waals surface area contributed by atoms with E-state index in [4.69, 9.17) is 15.2 Å². The molecule has 32 heavy (non-hydrogen) atoms. The molecule has 3 N–H and O–H groups in total. The van der Waals surface area contributed by atoms with Crippen molar-refractivity contribution in [1.29, 1.82) is 0 Å². The third-order valence-electron chi connectivity index (χ3n) is 4.71. The predicted octanol–water partition coefficient (Wildman–Crippen LogP) is 3.42. The number of ether oxygens (including phenoxy) is 2. The molecule has 0 aliphatic carbocycles. The number of primary amides is 1. The van der Waals surface area contributed by atoms with E-state index in [1.165, 1.54) is 7.11 Å². The molecule has 4 rings (SSSR count). The van der Waals surface area contributed by atoms with E-state index < -0.39 is 5.91 Å². The first-order chi connectivity index (χ1) is 15.5. The Morgan fingerprint density at radius 1 is 1.03 bits per heavy atom. The van der Waals surface area contributed by atoms with Crippen LogP contribution in [0.15, 0.2) is 73.1 Å². The second kappa shape index (κ2) is 9.13. The number of benzene rings is 2. The first-order valence-corrected chi connectivity index (χ1v) is 9.76. The van der Waals surface area contributed by atoms with E-state index in [9.17, 15) is 9.59 Å². The van der Waals surface area contributed by atoms with Crippen LogP contribution in [0.5, 0.6) is 11.5 Å². The number of carbonyl (C=O) groups is 2. The molecule has 0 spiro atoms. The molecular formula is C24H20N4O4. The Labute approximate surface area is 184 Å². The van der Waals surface area contributed by atoms with Crippen molar-refractivity contribution in [1.82, 2.24) is 9.97 Å². The summed E-state index contributed by atoms with van der Waals surface area (Å²) in [5, 5.41) is 3.59. The van der Waals surface area contributed by atoms with Crippen LogP contribution in [0.1, 0.15) is 10.4 Å². The summed E-state index contributed by atoms with van der Waals surface area (Å²) >= 11 is 0. The predicted molar refractivity (Wildman–Crippen MR) is 121 cm³/mol. The molecule has 8 nitrogen and oxygen atoms in total. The van der Waals surface area contributed by atoms with Crippen molar-refractivity contribution < 1.29 is 19.1 Å². The van der Waals surface area contributed by atoms with Gasteiger partial charge in [-0.1, -0.05) is 18.2 Å². The third-order valence-corrected chi connectivity index (χ3v) is 4.71. The molecule has 0 atom stereocenters. The number of nitrogens with zero attached hydrogens (tertiary/aromatic N) is 2. The number of nitrogens with one attached hydrogen (secondary N) is 1. The van der Waals surface area contributed by atoms with E-state index in [1.807, 2.05) is 36.4 Å². The number of hydrogen-bond donors (Lipinski definition) is 2. The number of fused-ring (bicyclic) bond motifs is 1. The summed E-state index contributed by atoms with van der Waals surface area (Å²) < 4.78 is 10.6. The van der Waals surface area contributed by atoms with Gasteiger partial charge >= 0.3 is 0 Å². The second-order valence-electron chi connectivity index (χ2n) is 6.89. The van der Waals surface area contributed by atoms with Gasteiger partial charge in [0.1, 0.15) is 0 Å². The van der Waals surface area contributed by atoms with Crippen molar-refractivity contribution in [2.75, 3.05) is 19.0 Å². The monoisotopic (exact) mass is 428 g/mol. The zero-order chi connectivity index (χ0) is 22.5. The van der Waals surface area contributed by atoms with E-state index in [-0.39, 0.29) is 12.5 Å². The molecule has 4 aromatic rings. The van der Waals surface area contributed by atoms with Crippen LogP contribution in [0.2, 0.25) is 0 Å². The lowest BCUT2D eigenvalue weighted by Gasteiger charge is -2.13. The van der Waals surface area contributed by atoms with Gasteiger partial charge in [0, 0.05) is 35.1 Å². The first-order valence-electron chi connectivity index (χ1n) is 9.76. The molecule has 0 radical (unpaired) electrons. The van der Waals surface area contributed by atoms with Crippen LogP contribution < -0.4 is 20.5 Å². The summed E-state index contributed by atoms with van der Waals surface area (Å²) in [6, 6.07) is 17.8. The highest BCUT2D eigenvalue weighted by Crippen LogP contribution is 2.31. The van der Waals surface area contributed by atoms with Crippen LogP contribution in [0, 0.1) is 0 Å². The van der Waals surface area contributed by atoms with E-state index in [0.29, 0.717) is 34.0 Å². The fourth-order valence-corrected chi connectivity index (χ4v) is 3.24. The summed E-state index contributed by atoms with van der Waals surface area (Å²) in [5.74, 6) is -0.232. The van der Waals surface area contributed by atoms with E-state index in [0.717, 1.165) is 10.9 Å². The Balaban J connectivity index is 1.70. The number of nitrogens with two attached hydrogens (primary N) is 1. The highest BCUT2D eigenvalue weighted by molar-refractivity contribution is 6.13. The normalized spacial score (nSPS) is 10.5. The van der Waals surface area contributed by atoms with Crippen molar-refractivity contribution in [2.45, 2.75) is 0 Å². The lowest BCUT2D eigenvalue weighted by Crippen LogP contribution is -2.20. The smallest absolute Gasteiger partial charge is 0.256 e. The largest absolute Gasteiger partial charge is 0.493 e. The molecule has 0 fully saturated rings. The van der Waals surface area contributed by atoms with E-state index in [1.54, 1.807) is 36.7 Å². The number of pyridine rings is 2. The fourth-order valence-electron chi connectivity index (χ4n) is 3.24. The van der Waals surface area contributed by atoms with Crippen molar-refractivity contribution in [3.8, 4) is 22.8 Å². The molecule has 0 saturated heterocycles. The first kappa shape index (κ1) is 20.8. The molecule has 160 valence electrons. The number of rotatable bonds is 7. The number of methoxy groups -OCH3 is 1. The quantitative estimate of drug-likeness (QED) is 0.466. The molecule has 0 bridgehead atoms. The fraction of sp³-hybridized carbons (Fsp3) is 0.0833. The van der Waals surface area contributed by atoms with Gasteiger partial charge in [-0.05, 0) is 36.4 Å².